The Hall–Kier alpha value is -2.15. The first-order chi connectivity index (χ1) is 11.8. The van der Waals surface area contributed by atoms with Gasteiger partial charge < -0.3 is 4.90 Å². The minimum absolute atomic E-state index is 0.346. The van der Waals surface area contributed by atoms with Crippen LogP contribution in [0.25, 0.3) is 0 Å². The molecule has 0 saturated carbocycles. The molecule has 0 radical (unpaired) electrons. The van der Waals surface area contributed by atoms with Crippen molar-refractivity contribution in [3.63, 3.8) is 0 Å². The van der Waals surface area contributed by atoms with E-state index in [4.69, 9.17) is 0 Å². The van der Waals surface area contributed by atoms with Crippen LogP contribution >= 0.6 is 0 Å². The Morgan fingerprint density at radius 3 is 2.12 bits per heavy atom. The maximum absolute atomic E-state index is 13.2. The molecule has 0 spiro atoms. The summed E-state index contributed by atoms with van der Waals surface area (Å²) in [5, 5.41) is 0. The summed E-state index contributed by atoms with van der Waals surface area (Å²) in [6.45, 7) is 4.20. The fourth-order valence-corrected chi connectivity index (χ4v) is 4.00. The zero-order chi connectivity index (χ0) is 18.0. The largest absolute Gasteiger partial charge is 0.372 e. The third-order valence-corrected chi connectivity index (χ3v) is 5.78. The van der Waals surface area contributed by atoms with Crippen molar-refractivity contribution in [1.29, 1.82) is 0 Å². The second-order valence-corrected chi connectivity index (χ2v) is 8.11. The van der Waals surface area contributed by atoms with Gasteiger partial charge >= 0.3 is 0 Å². The van der Waals surface area contributed by atoms with Gasteiger partial charge in [-0.1, -0.05) is 6.92 Å². The molecule has 0 unspecified atom stereocenters. The van der Waals surface area contributed by atoms with Crippen LogP contribution in [-0.2, 0) is 10.0 Å². The second-order valence-electron chi connectivity index (χ2n) is 6.43. The molecule has 0 aromatic heterocycles. The van der Waals surface area contributed by atoms with Gasteiger partial charge in [-0.3, -0.25) is 4.72 Å². The topological polar surface area (TPSA) is 49.4 Å². The van der Waals surface area contributed by atoms with Gasteiger partial charge in [-0.2, -0.15) is 0 Å². The Labute approximate surface area is 146 Å². The van der Waals surface area contributed by atoms with Crippen molar-refractivity contribution < 1.29 is 17.2 Å². The van der Waals surface area contributed by atoms with Gasteiger partial charge in [-0.15, -0.1) is 0 Å². The Morgan fingerprint density at radius 1 is 1.00 bits per heavy atom. The smallest absolute Gasteiger partial charge is 0.262 e. The van der Waals surface area contributed by atoms with E-state index in [1.54, 1.807) is 12.1 Å². The van der Waals surface area contributed by atoms with Crippen molar-refractivity contribution in [3.8, 4) is 0 Å². The summed E-state index contributed by atoms with van der Waals surface area (Å²) in [5.74, 6) is -1.14. The molecule has 4 nitrogen and oxygen atoms in total. The maximum atomic E-state index is 13.2. The van der Waals surface area contributed by atoms with Crippen molar-refractivity contribution in [2.75, 3.05) is 22.7 Å². The molecule has 2 aromatic rings. The lowest BCUT2D eigenvalue weighted by Crippen LogP contribution is -2.32. The van der Waals surface area contributed by atoms with Gasteiger partial charge in [-0.25, -0.2) is 17.2 Å². The molecule has 0 amide bonds. The fourth-order valence-electron chi connectivity index (χ4n) is 2.90. The first kappa shape index (κ1) is 17.7. The van der Waals surface area contributed by atoms with Gasteiger partial charge in [0, 0.05) is 30.5 Å². The normalized spacial score (nSPS) is 16.0. The fraction of sp³-hybridized carbons (Fsp3) is 0.333. The number of hydrogen-bond acceptors (Lipinski definition) is 3. The molecule has 1 saturated heterocycles. The van der Waals surface area contributed by atoms with Crippen molar-refractivity contribution >= 4 is 21.4 Å². The van der Waals surface area contributed by atoms with Gasteiger partial charge in [0.15, 0.2) is 0 Å². The minimum atomic E-state index is -4.05. The highest BCUT2D eigenvalue weighted by Gasteiger charge is 2.18. The number of rotatable bonds is 4. The predicted molar refractivity (Wildman–Crippen MR) is 94.2 cm³/mol. The first-order valence-corrected chi connectivity index (χ1v) is 9.66. The van der Waals surface area contributed by atoms with E-state index in [9.17, 15) is 17.2 Å². The molecular weight excluding hydrogens is 346 g/mol. The maximum Gasteiger partial charge on any atom is 0.262 e. The van der Waals surface area contributed by atoms with Crippen LogP contribution in [0.1, 0.15) is 19.8 Å². The van der Waals surface area contributed by atoms with Crippen LogP contribution in [0.15, 0.2) is 47.4 Å². The highest BCUT2D eigenvalue weighted by atomic mass is 32.2. The molecule has 1 aliphatic rings. The van der Waals surface area contributed by atoms with Crippen LogP contribution in [0.5, 0.6) is 0 Å². The van der Waals surface area contributed by atoms with Crippen LogP contribution in [0, 0.1) is 17.6 Å². The predicted octanol–water partition coefficient (Wildman–Crippen LogP) is 4.00. The first-order valence-electron chi connectivity index (χ1n) is 8.17. The number of benzene rings is 2. The van der Waals surface area contributed by atoms with Gasteiger partial charge in [0.05, 0.1) is 4.90 Å². The van der Waals surface area contributed by atoms with Gasteiger partial charge in [0.2, 0.25) is 0 Å². The van der Waals surface area contributed by atoms with Crippen molar-refractivity contribution in [2.24, 2.45) is 5.92 Å². The van der Waals surface area contributed by atoms with E-state index in [1.165, 1.54) is 0 Å². The molecule has 7 heteroatoms. The lowest BCUT2D eigenvalue weighted by Gasteiger charge is -2.32. The number of halogens is 2. The van der Waals surface area contributed by atoms with Crippen molar-refractivity contribution in [1.82, 2.24) is 0 Å². The van der Waals surface area contributed by atoms with Crippen LogP contribution in [0.2, 0.25) is 0 Å². The van der Waals surface area contributed by atoms with E-state index in [0.717, 1.165) is 49.7 Å². The van der Waals surface area contributed by atoms with E-state index in [2.05, 4.69) is 16.5 Å². The van der Waals surface area contributed by atoms with Crippen LogP contribution in [0.3, 0.4) is 0 Å². The minimum Gasteiger partial charge on any atom is -0.372 e. The standard InChI is InChI=1S/C18H20F2N2O2S/c1-13-6-8-22(9-7-13)17-4-2-16(3-5-17)21-25(23,24)18-11-14(19)10-15(20)12-18/h2-5,10-13,21H,6-9H2,1H3. The Bertz CT molecular complexity index is 826. The molecule has 0 atom stereocenters. The number of piperidine rings is 1. The average molecular weight is 366 g/mol. The number of nitrogens with one attached hydrogen (secondary N) is 1. The molecule has 1 fully saturated rings. The summed E-state index contributed by atoms with van der Waals surface area (Å²) in [7, 11) is -4.05. The van der Waals surface area contributed by atoms with E-state index in [-0.39, 0.29) is 0 Å². The SMILES string of the molecule is CC1CCN(c2ccc(NS(=O)(=O)c3cc(F)cc(F)c3)cc2)CC1. The van der Waals surface area contributed by atoms with Crippen molar-refractivity contribution in [3.05, 3.63) is 54.1 Å². The molecule has 0 bridgehead atoms. The summed E-state index contributed by atoms with van der Waals surface area (Å²) < 4.78 is 53.4. The zero-order valence-electron chi connectivity index (χ0n) is 13.9. The molecular formula is C18H20F2N2O2S. The molecule has 1 aliphatic heterocycles. The average Bonchev–Trinajstić information content (AvgIpc) is 2.55. The Kier molecular flexibility index (Phi) is 4.94. The second kappa shape index (κ2) is 7.00. The summed E-state index contributed by atoms with van der Waals surface area (Å²) in [6.07, 6.45) is 2.28. The highest BCUT2D eigenvalue weighted by molar-refractivity contribution is 7.92. The number of sulfonamides is 1. The molecule has 134 valence electrons. The molecule has 0 aliphatic carbocycles. The lowest BCUT2D eigenvalue weighted by molar-refractivity contribution is 0.438. The number of nitrogens with zero attached hydrogens (tertiary/aromatic N) is 1. The van der Waals surface area contributed by atoms with Gasteiger partial charge in [-0.05, 0) is 55.2 Å². The van der Waals surface area contributed by atoms with E-state index >= 15 is 0 Å². The molecule has 2 aromatic carbocycles. The molecule has 1 heterocycles. The summed E-state index contributed by atoms with van der Waals surface area (Å²) >= 11 is 0. The quantitative estimate of drug-likeness (QED) is 0.890. The van der Waals surface area contributed by atoms with Crippen LogP contribution in [0.4, 0.5) is 20.2 Å². The molecule has 3 rings (SSSR count). The summed E-state index contributed by atoms with van der Waals surface area (Å²) in [4.78, 5) is 1.82. The van der Waals surface area contributed by atoms with E-state index < -0.39 is 26.6 Å². The third-order valence-electron chi connectivity index (χ3n) is 4.41. The summed E-state index contributed by atoms with van der Waals surface area (Å²) in [6, 6.07) is 9.21. The third kappa shape index (κ3) is 4.28. The lowest BCUT2D eigenvalue weighted by atomic mass is 9.99. The van der Waals surface area contributed by atoms with Crippen molar-refractivity contribution in [2.45, 2.75) is 24.7 Å². The zero-order valence-corrected chi connectivity index (χ0v) is 14.7. The highest BCUT2D eigenvalue weighted by Crippen LogP contribution is 2.25. The molecule has 25 heavy (non-hydrogen) atoms. The molecule has 1 N–H and O–H groups in total. The van der Waals surface area contributed by atoms with E-state index in [0.29, 0.717) is 11.8 Å². The Morgan fingerprint density at radius 2 is 1.56 bits per heavy atom. The number of hydrogen-bond donors (Lipinski definition) is 1. The van der Waals surface area contributed by atoms with Gasteiger partial charge in [0.25, 0.3) is 10.0 Å². The monoisotopic (exact) mass is 366 g/mol. The Balaban J connectivity index is 1.74. The van der Waals surface area contributed by atoms with Crippen LogP contribution < -0.4 is 9.62 Å². The van der Waals surface area contributed by atoms with Crippen LogP contribution in [-0.4, -0.2) is 21.5 Å². The van der Waals surface area contributed by atoms with Gasteiger partial charge in [0.1, 0.15) is 11.6 Å². The summed E-state index contributed by atoms with van der Waals surface area (Å²) in [5.41, 5.74) is 1.38. The number of anilines is 2. The van der Waals surface area contributed by atoms with E-state index in [1.807, 2.05) is 12.1 Å².